The van der Waals surface area contributed by atoms with Crippen LogP contribution in [0.3, 0.4) is 0 Å². The van der Waals surface area contributed by atoms with Crippen LogP contribution < -0.4 is 5.56 Å². The van der Waals surface area contributed by atoms with Crippen molar-refractivity contribution in [2.45, 2.75) is 45.1 Å². The smallest absolute Gasteiger partial charge is 0.272 e. The Morgan fingerprint density at radius 2 is 1.73 bits per heavy atom. The summed E-state index contributed by atoms with van der Waals surface area (Å²) in [5.74, 6) is 4.28. The number of amides is 1. The molecule has 8 rings (SSSR count). The monoisotopic (exact) mass is 466 g/mol. The maximum atomic E-state index is 13.7. The highest BCUT2D eigenvalue weighted by Gasteiger charge is 2.55. The molecule has 4 heterocycles. The van der Waals surface area contributed by atoms with E-state index in [1.807, 2.05) is 15.8 Å². The van der Waals surface area contributed by atoms with Crippen molar-refractivity contribution in [3.05, 3.63) is 27.6 Å². The van der Waals surface area contributed by atoms with Gasteiger partial charge in [0.05, 0.1) is 17.5 Å². The SMILES string of the molecule is Cn1c(=O)c2sccc2n2c(CN3CCN(C(=O)C45CC6CC(CC(C6)C4)C5)CC3)nnc12. The third kappa shape index (κ3) is 2.97. The van der Waals surface area contributed by atoms with E-state index in [-0.39, 0.29) is 11.0 Å². The molecule has 4 saturated carbocycles. The Hall–Kier alpha value is -2.26. The molecule has 1 aliphatic heterocycles. The first kappa shape index (κ1) is 20.1. The number of rotatable bonds is 3. The van der Waals surface area contributed by atoms with Crippen LogP contribution in [0, 0.1) is 23.2 Å². The molecule has 0 N–H and O–H groups in total. The molecule has 0 radical (unpaired) electrons. The molecule has 3 aromatic rings. The van der Waals surface area contributed by atoms with Gasteiger partial charge >= 0.3 is 0 Å². The molecular weight excluding hydrogens is 436 g/mol. The second kappa shape index (κ2) is 7.12. The number of aromatic nitrogens is 4. The number of aryl methyl sites for hydroxylation is 1. The second-order valence-corrected chi connectivity index (χ2v) is 11.9. The average Bonchev–Trinajstić information content (AvgIpc) is 3.44. The van der Waals surface area contributed by atoms with Crippen LogP contribution in [0.4, 0.5) is 0 Å². The van der Waals surface area contributed by atoms with E-state index >= 15 is 0 Å². The molecular formula is C24H30N6O2S. The molecule has 1 saturated heterocycles. The van der Waals surface area contributed by atoms with Gasteiger partial charge < -0.3 is 4.90 Å². The average molecular weight is 467 g/mol. The number of nitrogens with zero attached hydrogens (tertiary/aromatic N) is 6. The van der Waals surface area contributed by atoms with Crippen LogP contribution in [0.5, 0.6) is 0 Å². The summed E-state index contributed by atoms with van der Waals surface area (Å²) in [6.45, 7) is 3.97. The first-order chi connectivity index (χ1) is 16.0. The molecule has 4 bridgehead atoms. The van der Waals surface area contributed by atoms with Gasteiger partial charge in [0.2, 0.25) is 11.7 Å². The summed E-state index contributed by atoms with van der Waals surface area (Å²) in [7, 11) is 1.75. The Kier molecular flexibility index (Phi) is 4.35. The molecule has 0 unspecified atom stereocenters. The van der Waals surface area contributed by atoms with E-state index in [1.54, 1.807) is 11.6 Å². The molecule has 174 valence electrons. The first-order valence-corrected chi connectivity index (χ1v) is 13.2. The fraction of sp³-hybridized carbons (Fsp3) is 0.667. The summed E-state index contributed by atoms with van der Waals surface area (Å²) in [5, 5.41) is 10.7. The zero-order valence-corrected chi connectivity index (χ0v) is 19.9. The molecule has 0 aromatic carbocycles. The Bertz CT molecular complexity index is 1280. The van der Waals surface area contributed by atoms with E-state index in [0.717, 1.165) is 79.2 Å². The lowest BCUT2D eigenvalue weighted by Crippen LogP contribution is -2.58. The van der Waals surface area contributed by atoms with Gasteiger partial charge in [-0.1, -0.05) is 0 Å². The number of hydrogen-bond donors (Lipinski definition) is 0. The van der Waals surface area contributed by atoms with E-state index < -0.39 is 0 Å². The van der Waals surface area contributed by atoms with Crippen molar-refractivity contribution in [1.29, 1.82) is 0 Å². The molecule has 33 heavy (non-hydrogen) atoms. The molecule has 5 fully saturated rings. The minimum absolute atomic E-state index is 0.0248. The van der Waals surface area contributed by atoms with Gasteiger partial charge in [-0.3, -0.25) is 23.5 Å². The fourth-order valence-corrected chi connectivity index (χ4v) is 8.62. The molecule has 0 spiro atoms. The van der Waals surface area contributed by atoms with Crippen LogP contribution in [-0.2, 0) is 18.4 Å². The van der Waals surface area contributed by atoms with Crippen molar-refractivity contribution in [3.8, 4) is 0 Å². The third-order valence-corrected chi connectivity index (χ3v) is 9.81. The van der Waals surface area contributed by atoms with Crippen LogP contribution in [0.2, 0.25) is 0 Å². The summed E-state index contributed by atoms with van der Waals surface area (Å²) in [6, 6.07) is 1.98. The summed E-state index contributed by atoms with van der Waals surface area (Å²) in [6.07, 6.45) is 7.53. The predicted octanol–water partition coefficient (Wildman–Crippen LogP) is 2.50. The van der Waals surface area contributed by atoms with Crippen LogP contribution in [-0.4, -0.2) is 61.1 Å². The van der Waals surface area contributed by atoms with Crippen molar-refractivity contribution in [2.75, 3.05) is 26.2 Å². The summed E-state index contributed by atoms with van der Waals surface area (Å²) in [4.78, 5) is 30.8. The summed E-state index contributed by atoms with van der Waals surface area (Å²) < 4.78 is 4.33. The standard InChI is InChI=1S/C24H30N6O2S/c1-27-21(31)20-18(2-7-33-20)30-19(25-26-23(27)30)14-28-3-5-29(6-4-28)22(32)24-11-15-8-16(12-24)10-17(9-15)13-24/h2,7,15-17H,3-6,8-14H2,1H3. The van der Waals surface area contributed by atoms with Crippen molar-refractivity contribution in [2.24, 2.45) is 30.2 Å². The van der Waals surface area contributed by atoms with Gasteiger partial charge in [-0.25, -0.2) is 0 Å². The third-order valence-electron chi connectivity index (χ3n) is 8.91. The zero-order valence-electron chi connectivity index (χ0n) is 19.1. The highest BCUT2D eigenvalue weighted by atomic mass is 32.1. The number of thiophene rings is 1. The van der Waals surface area contributed by atoms with Crippen LogP contribution in [0.1, 0.15) is 44.3 Å². The largest absolute Gasteiger partial charge is 0.340 e. The number of piperazine rings is 1. The van der Waals surface area contributed by atoms with E-state index in [9.17, 15) is 9.59 Å². The molecule has 4 aliphatic carbocycles. The molecule has 9 heteroatoms. The molecule has 3 aromatic heterocycles. The van der Waals surface area contributed by atoms with Crippen LogP contribution in [0.15, 0.2) is 16.2 Å². The second-order valence-electron chi connectivity index (χ2n) is 11.0. The van der Waals surface area contributed by atoms with E-state index in [0.29, 0.717) is 18.2 Å². The molecule has 5 aliphatic rings. The van der Waals surface area contributed by atoms with Gasteiger partial charge in [0, 0.05) is 33.2 Å². The number of carbonyl (C=O) groups is 1. The zero-order chi connectivity index (χ0) is 22.3. The quantitative estimate of drug-likeness (QED) is 0.593. The fourth-order valence-electron chi connectivity index (χ4n) is 7.77. The Labute approximate surface area is 196 Å². The number of hydrogen-bond acceptors (Lipinski definition) is 6. The van der Waals surface area contributed by atoms with Gasteiger partial charge in [0.25, 0.3) is 5.56 Å². The Morgan fingerprint density at radius 1 is 1.06 bits per heavy atom. The lowest BCUT2D eigenvalue weighted by Gasteiger charge is -2.57. The number of carbonyl (C=O) groups excluding carboxylic acids is 1. The molecule has 8 nitrogen and oxygen atoms in total. The Balaban J connectivity index is 1.08. The Morgan fingerprint density at radius 3 is 2.39 bits per heavy atom. The van der Waals surface area contributed by atoms with Gasteiger partial charge in [-0.2, -0.15) is 0 Å². The van der Waals surface area contributed by atoms with Gasteiger partial charge in [0.15, 0.2) is 5.82 Å². The minimum atomic E-state index is -0.0462. The van der Waals surface area contributed by atoms with Crippen molar-refractivity contribution in [3.63, 3.8) is 0 Å². The predicted molar refractivity (Wildman–Crippen MR) is 126 cm³/mol. The van der Waals surface area contributed by atoms with Gasteiger partial charge in [-0.05, 0) is 67.7 Å². The lowest BCUT2D eigenvalue weighted by atomic mass is 9.49. The normalized spacial score (nSPS) is 31.8. The van der Waals surface area contributed by atoms with Crippen molar-refractivity contribution >= 4 is 33.2 Å². The summed E-state index contributed by atoms with van der Waals surface area (Å²) >= 11 is 1.46. The summed E-state index contributed by atoms with van der Waals surface area (Å²) in [5.41, 5.74) is 0.812. The van der Waals surface area contributed by atoms with E-state index in [1.165, 1.54) is 30.6 Å². The van der Waals surface area contributed by atoms with Crippen LogP contribution in [0.25, 0.3) is 16.0 Å². The molecule has 1 amide bonds. The van der Waals surface area contributed by atoms with Crippen LogP contribution >= 0.6 is 11.3 Å². The van der Waals surface area contributed by atoms with E-state index in [4.69, 9.17) is 0 Å². The maximum Gasteiger partial charge on any atom is 0.272 e. The van der Waals surface area contributed by atoms with Gasteiger partial charge in [-0.15, -0.1) is 21.5 Å². The topological polar surface area (TPSA) is 75.7 Å². The maximum absolute atomic E-state index is 13.7. The highest BCUT2D eigenvalue weighted by molar-refractivity contribution is 7.17. The van der Waals surface area contributed by atoms with Crippen molar-refractivity contribution < 1.29 is 4.79 Å². The molecule has 0 atom stereocenters. The van der Waals surface area contributed by atoms with Crippen molar-refractivity contribution in [1.82, 2.24) is 29.0 Å². The van der Waals surface area contributed by atoms with Gasteiger partial charge in [0.1, 0.15) is 4.70 Å². The highest BCUT2D eigenvalue weighted by Crippen LogP contribution is 2.60. The minimum Gasteiger partial charge on any atom is -0.340 e. The van der Waals surface area contributed by atoms with E-state index in [2.05, 4.69) is 20.0 Å². The first-order valence-electron chi connectivity index (χ1n) is 12.3. The lowest BCUT2D eigenvalue weighted by molar-refractivity contribution is -0.159. The number of fused-ring (bicyclic) bond motifs is 3.